The first-order valence-electron chi connectivity index (χ1n) is 8.09. The van der Waals surface area contributed by atoms with Gasteiger partial charge in [-0.15, -0.1) is 0 Å². The van der Waals surface area contributed by atoms with Crippen molar-refractivity contribution in [2.75, 3.05) is 37.6 Å². The molecule has 12 heteroatoms. The Balaban J connectivity index is 1.68. The summed E-state index contributed by atoms with van der Waals surface area (Å²) < 4.78 is 64.9. The summed E-state index contributed by atoms with van der Waals surface area (Å²) in [5, 5.41) is 2.77. The Morgan fingerprint density at radius 2 is 1.74 bits per heavy atom. The van der Waals surface area contributed by atoms with E-state index in [2.05, 4.69) is 5.32 Å². The third kappa shape index (κ3) is 4.00. The topological polar surface area (TPSA) is 98.8 Å². The number of anilines is 1. The summed E-state index contributed by atoms with van der Waals surface area (Å²) in [5.74, 6) is -0.890. The molecule has 27 heavy (non-hydrogen) atoms. The normalized spacial score (nSPS) is 22.3. The van der Waals surface area contributed by atoms with Crippen LogP contribution in [0.5, 0.6) is 0 Å². The zero-order valence-electron chi connectivity index (χ0n) is 14.0. The molecule has 0 aromatic heterocycles. The molecule has 2 fully saturated rings. The van der Waals surface area contributed by atoms with Crippen LogP contribution in [0.2, 0.25) is 0 Å². The lowest BCUT2D eigenvalue weighted by Crippen LogP contribution is -2.61. The van der Waals surface area contributed by atoms with Gasteiger partial charge in [0.2, 0.25) is 15.9 Å². The molecular weight excluding hydrogens is 389 g/mol. The highest BCUT2D eigenvalue weighted by atomic mass is 32.2. The first kappa shape index (κ1) is 19.4. The van der Waals surface area contributed by atoms with E-state index >= 15 is 0 Å². The number of carbonyl (C=O) groups is 2. The molecular formula is C15H17F3N4O4S. The fraction of sp³-hybridized carbons (Fsp3) is 0.467. The Morgan fingerprint density at radius 1 is 1.07 bits per heavy atom. The van der Waals surface area contributed by atoms with E-state index in [-0.39, 0.29) is 32.7 Å². The molecule has 0 radical (unpaired) electrons. The summed E-state index contributed by atoms with van der Waals surface area (Å²) in [6.45, 7) is 0.0932. The second-order valence-electron chi connectivity index (χ2n) is 6.17. The Hall–Kier alpha value is -2.34. The molecule has 1 atom stereocenters. The van der Waals surface area contributed by atoms with Crippen molar-refractivity contribution in [2.24, 2.45) is 0 Å². The van der Waals surface area contributed by atoms with Crippen molar-refractivity contribution in [3.8, 4) is 0 Å². The highest BCUT2D eigenvalue weighted by Crippen LogP contribution is 2.32. The number of piperazine rings is 1. The molecule has 1 unspecified atom stereocenters. The third-order valence-electron chi connectivity index (χ3n) is 4.47. The molecule has 3 rings (SSSR count). The van der Waals surface area contributed by atoms with E-state index in [9.17, 15) is 31.2 Å². The minimum absolute atomic E-state index is 0.0241. The predicted octanol–water partition coefficient (Wildman–Crippen LogP) is 0.365. The highest BCUT2D eigenvalue weighted by molar-refractivity contribution is 7.90. The summed E-state index contributed by atoms with van der Waals surface area (Å²) in [5.41, 5.74) is -0.422. The zero-order valence-corrected chi connectivity index (χ0v) is 14.8. The number of urea groups is 1. The number of imide groups is 1. The fourth-order valence-corrected chi connectivity index (χ4v) is 4.67. The van der Waals surface area contributed by atoms with Crippen LogP contribution in [-0.2, 0) is 21.0 Å². The maximum Gasteiger partial charge on any atom is 0.416 e. The molecule has 1 aromatic rings. The molecule has 1 aromatic carbocycles. The summed E-state index contributed by atoms with van der Waals surface area (Å²) in [6.07, 6.45) is -4.46. The van der Waals surface area contributed by atoms with Crippen LogP contribution in [0.25, 0.3) is 0 Å². The SMILES string of the molecule is O=C1NCC(S(=O)(=O)N2CCN(c3cccc(C(F)(F)F)c3)CC2)C(=O)N1. The fourth-order valence-electron chi connectivity index (χ4n) is 3.01. The molecule has 0 saturated carbocycles. The molecule has 2 heterocycles. The van der Waals surface area contributed by atoms with E-state index in [1.807, 2.05) is 5.32 Å². The summed E-state index contributed by atoms with van der Waals surface area (Å²) in [4.78, 5) is 24.6. The quantitative estimate of drug-likeness (QED) is 0.756. The summed E-state index contributed by atoms with van der Waals surface area (Å²) in [6, 6.07) is 4.08. The number of hydrogen-bond donors (Lipinski definition) is 2. The number of alkyl halides is 3. The molecule has 3 amide bonds. The van der Waals surface area contributed by atoms with Gasteiger partial charge in [-0.1, -0.05) is 6.07 Å². The standard InChI is InChI=1S/C15H17F3N4O4S/c16-15(17,18)10-2-1-3-11(8-10)21-4-6-22(7-5-21)27(25,26)12-9-19-14(24)20-13(12)23/h1-3,8,12H,4-7,9H2,(H2,19,20,23,24). The zero-order chi connectivity index (χ0) is 19.8. The van der Waals surface area contributed by atoms with Gasteiger partial charge in [-0.2, -0.15) is 17.5 Å². The molecule has 2 saturated heterocycles. The number of nitrogens with zero attached hydrogens (tertiary/aromatic N) is 2. The van der Waals surface area contributed by atoms with Gasteiger partial charge in [0.05, 0.1) is 5.56 Å². The van der Waals surface area contributed by atoms with Crippen LogP contribution in [0.15, 0.2) is 24.3 Å². The molecule has 0 aliphatic carbocycles. The smallest absolute Gasteiger partial charge is 0.369 e. The van der Waals surface area contributed by atoms with Gasteiger partial charge in [0.1, 0.15) is 0 Å². The summed E-state index contributed by atoms with van der Waals surface area (Å²) >= 11 is 0. The van der Waals surface area contributed by atoms with Gasteiger partial charge in [0.15, 0.2) is 5.25 Å². The largest absolute Gasteiger partial charge is 0.416 e. The van der Waals surface area contributed by atoms with Crippen LogP contribution in [0.3, 0.4) is 0 Å². The van der Waals surface area contributed by atoms with E-state index < -0.39 is 39.0 Å². The number of halogens is 3. The van der Waals surface area contributed by atoms with Gasteiger partial charge in [0, 0.05) is 38.4 Å². The number of amides is 3. The van der Waals surface area contributed by atoms with E-state index in [1.165, 1.54) is 12.1 Å². The van der Waals surface area contributed by atoms with Crippen LogP contribution in [0, 0.1) is 0 Å². The van der Waals surface area contributed by atoms with Crippen molar-refractivity contribution in [1.82, 2.24) is 14.9 Å². The van der Waals surface area contributed by atoms with Crippen molar-refractivity contribution in [1.29, 1.82) is 0 Å². The number of hydrogen-bond acceptors (Lipinski definition) is 5. The van der Waals surface area contributed by atoms with Crippen molar-refractivity contribution < 1.29 is 31.2 Å². The molecule has 0 spiro atoms. The number of rotatable bonds is 3. The Labute approximate surface area is 153 Å². The maximum atomic E-state index is 12.8. The highest BCUT2D eigenvalue weighted by Gasteiger charge is 2.41. The van der Waals surface area contributed by atoms with Gasteiger partial charge < -0.3 is 10.2 Å². The molecule has 8 nitrogen and oxygen atoms in total. The van der Waals surface area contributed by atoms with Crippen molar-refractivity contribution >= 4 is 27.6 Å². The Morgan fingerprint density at radius 3 is 2.33 bits per heavy atom. The molecule has 2 aliphatic rings. The maximum absolute atomic E-state index is 12.8. The first-order chi connectivity index (χ1) is 12.6. The minimum Gasteiger partial charge on any atom is -0.369 e. The average Bonchev–Trinajstić information content (AvgIpc) is 2.61. The molecule has 0 bridgehead atoms. The van der Waals surface area contributed by atoms with E-state index in [0.29, 0.717) is 5.69 Å². The summed E-state index contributed by atoms with van der Waals surface area (Å²) in [7, 11) is -3.99. The van der Waals surface area contributed by atoms with E-state index in [1.54, 1.807) is 4.90 Å². The van der Waals surface area contributed by atoms with E-state index in [0.717, 1.165) is 16.4 Å². The number of benzene rings is 1. The molecule has 2 N–H and O–H groups in total. The van der Waals surface area contributed by atoms with Gasteiger partial charge in [0.25, 0.3) is 0 Å². The molecule has 2 aliphatic heterocycles. The average molecular weight is 406 g/mol. The van der Waals surface area contributed by atoms with Crippen LogP contribution in [0.1, 0.15) is 5.56 Å². The Kier molecular flexibility index (Phi) is 5.04. The van der Waals surface area contributed by atoms with Gasteiger partial charge in [-0.3, -0.25) is 10.1 Å². The van der Waals surface area contributed by atoms with Crippen molar-refractivity contribution in [2.45, 2.75) is 11.4 Å². The monoisotopic (exact) mass is 406 g/mol. The van der Waals surface area contributed by atoms with Crippen LogP contribution < -0.4 is 15.5 Å². The minimum atomic E-state index is -4.46. The third-order valence-corrected chi connectivity index (χ3v) is 6.66. The first-order valence-corrected chi connectivity index (χ1v) is 9.59. The lowest BCUT2D eigenvalue weighted by Gasteiger charge is -2.37. The second kappa shape index (κ2) is 7.00. The number of carbonyl (C=O) groups excluding carboxylic acids is 2. The number of sulfonamides is 1. The van der Waals surface area contributed by atoms with E-state index in [4.69, 9.17) is 0 Å². The van der Waals surface area contributed by atoms with Gasteiger partial charge in [-0.05, 0) is 18.2 Å². The van der Waals surface area contributed by atoms with Crippen LogP contribution in [0.4, 0.5) is 23.7 Å². The molecule has 148 valence electrons. The van der Waals surface area contributed by atoms with Gasteiger partial charge in [-0.25, -0.2) is 13.2 Å². The Bertz CT molecular complexity index is 851. The lowest BCUT2D eigenvalue weighted by molar-refractivity contribution is -0.137. The lowest BCUT2D eigenvalue weighted by atomic mass is 10.1. The van der Waals surface area contributed by atoms with Crippen LogP contribution in [-0.4, -0.2) is 62.6 Å². The van der Waals surface area contributed by atoms with Gasteiger partial charge >= 0.3 is 12.2 Å². The van der Waals surface area contributed by atoms with Crippen LogP contribution >= 0.6 is 0 Å². The van der Waals surface area contributed by atoms with Crippen molar-refractivity contribution in [3.63, 3.8) is 0 Å². The second-order valence-corrected chi connectivity index (χ2v) is 8.28. The predicted molar refractivity (Wildman–Crippen MR) is 89.5 cm³/mol. The number of nitrogens with one attached hydrogen (secondary N) is 2. The van der Waals surface area contributed by atoms with Crippen molar-refractivity contribution in [3.05, 3.63) is 29.8 Å².